The van der Waals surface area contributed by atoms with Crippen LogP contribution in [-0.4, -0.2) is 54.1 Å². The Bertz CT molecular complexity index is 219. The van der Waals surface area contributed by atoms with Crippen LogP contribution in [0.5, 0.6) is 0 Å². The van der Waals surface area contributed by atoms with E-state index in [4.69, 9.17) is 5.73 Å². The Kier molecular flexibility index (Phi) is 4.22. The SMILES string of the molecule is CCC(N)C(C)N1CCN2CCCCC2C1. The van der Waals surface area contributed by atoms with E-state index >= 15 is 0 Å². The largest absolute Gasteiger partial charge is 0.326 e. The Labute approximate surface area is 100.0 Å². The smallest absolute Gasteiger partial charge is 0.0223 e. The van der Waals surface area contributed by atoms with Crippen LogP contribution in [0.2, 0.25) is 0 Å². The fourth-order valence-electron chi connectivity index (χ4n) is 3.16. The van der Waals surface area contributed by atoms with Crippen molar-refractivity contribution in [2.75, 3.05) is 26.2 Å². The molecular weight excluding hydrogens is 198 g/mol. The van der Waals surface area contributed by atoms with Crippen LogP contribution in [0.15, 0.2) is 0 Å². The molecule has 0 aromatic heterocycles. The standard InChI is InChI=1S/C13H27N3/c1-3-13(14)11(2)16-9-8-15-7-5-4-6-12(15)10-16/h11-13H,3-10,14H2,1-2H3. The first kappa shape index (κ1) is 12.3. The Morgan fingerprint density at radius 3 is 2.81 bits per heavy atom. The van der Waals surface area contributed by atoms with Crippen LogP contribution in [-0.2, 0) is 0 Å². The van der Waals surface area contributed by atoms with Crippen molar-refractivity contribution in [3.05, 3.63) is 0 Å². The van der Waals surface area contributed by atoms with Crippen molar-refractivity contribution in [2.45, 2.75) is 57.7 Å². The molecule has 2 N–H and O–H groups in total. The summed E-state index contributed by atoms with van der Waals surface area (Å²) in [4.78, 5) is 5.30. The van der Waals surface area contributed by atoms with Gasteiger partial charge in [-0.15, -0.1) is 0 Å². The van der Waals surface area contributed by atoms with Crippen LogP contribution in [0.4, 0.5) is 0 Å². The highest BCUT2D eigenvalue weighted by Gasteiger charge is 2.31. The molecule has 0 bridgehead atoms. The number of hydrogen-bond donors (Lipinski definition) is 1. The van der Waals surface area contributed by atoms with Gasteiger partial charge in [0.25, 0.3) is 0 Å². The summed E-state index contributed by atoms with van der Waals surface area (Å²) in [5.74, 6) is 0. The van der Waals surface area contributed by atoms with Crippen molar-refractivity contribution in [2.24, 2.45) is 5.73 Å². The van der Waals surface area contributed by atoms with E-state index in [-0.39, 0.29) is 0 Å². The van der Waals surface area contributed by atoms with E-state index in [0.29, 0.717) is 12.1 Å². The van der Waals surface area contributed by atoms with Crippen LogP contribution in [0, 0.1) is 0 Å². The van der Waals surface area contributed by atoms with Crippen LogP contribution in [0.1, 0.15) is 39.5 Å². The lowest BCUT2D eigenvalue weighted by Gasteiger charge is -2.46. The molecule has 2 saturated heterocycles. The molecule has 0 saturated carbocycles. The van der Waals surface area contributed by atoms with Gasteiger partial charge in [0.05, 0.1) is 0 Å². The number of nitrogens with two attached hydrogens (primary N) is 1. The molecular formula is C13H27N3. The van der Waals surface area contributed by atoms with Crippen molar-refractivity contribution in [3.63, 3.8) is 0 Å². The molecule has 0 aliphatic carbocycles. The van der Waals surface area contributed by atoms with E-state index in [9.17, 15) is 0 Å². The van der Waals surface area contributed by atoms with Gasteiger partial charge in [0, 0.05) is 37.8 Å². The molecule has 16 heavy (non-hydrogen) atoms. The average Bonchev–Trinajstić information content (AvgIpc) is 2.36. The van der Waals surface area contributed by atoms with Gasteiger partial charge < -0.3 is 5.73 Å². The Morgan fingerprint density at radius 2 is 2.06 bits per heavy atom. The monoisotopic (exact) mass is 225 g/mol. The lowest BCUT2D eigenvalue weighted by Crippen LogP contribution is -2.59. The van der Waals surface area contributed by atoms with Crippen molar-refractivity contribution < 1.29 is 0 Å². The maximum Gasteiger partial charge on any atom is 0.0223 e. The van der Waals surface area contributed by atoms with E-state index in [1.165, 1.54) is 45.4 Å². The quantitative estimate of drug-likeness (QED) is 0.785. The van der Waals surface area contributed by atoms with Crippen LogP contribution >= 0.6 is 0 Å². The zero-order valence-corrected chi connectivity index (χ0v) is 10.9. The maximum absolute atomic E-state index is 6.16. The van der Waals surface area contributed by atoms with Gasteiger partial charge in [-0.1, -0.05) is 13.3 Å². The summed E-state index contributed by atoms with van der Waals surface area (Å²) in [5, 5.41) is 0. The molecule has 3 unspecified atom stereocenters. The number of hydrogen-bond acceptors (Lipinski definition) is 3. The predicted molar refractivity (Wildman–Crippen MR) is 68.5 cm³/mol. The molecule has 0 radical (unpaired) electrons. The number of fused-ring (bicyclic) bond motifs is 1. The second-order valence-corrected chi connectivity index (χ2v) is 5.49. The molecule has 0 amide bonds. The van der Waals surface area contributed by atoms with Gasteiger partial charge in [-0.25, -0.2) is 0 Å². The first-order chi connectivity index (χ1) is 7.72. The topological polar surface area (TPSA) is 32.5 Å². The van der Waals surface area contributed by atoms with E-state index in [2.05, 4.69) is 23.6 Å². The van der Waals surface area contributed by atoms with Crippen molar-refractivity contribution in [1.82, 2.24) is 9.80 Å². The average molecular weight is 225 g/mol. The van der Waals surface area contributed by atoms with Gasteiger partial charge in [-0.05, 0) is 32.7 Å². The summed E-state index contributed by atoms with van der Waals surface area (Å²) in [6.07, 6.45) is 5.31. The van der Waals surface area contributed by atoms with Gasteiger partial charge in [-0.2, -0.15) is 0 Å². The first-order valence-electron chi connectivity index (χ1n) is 6.96. The minimum atomic E-state index is 0.343. The van der Waals surface area contributed by atoms with Gasteiger partial charge in [0.2, 0.25) is 0 Å². The summed E-state index contributed by atoms with van der Waals surface area (Å²) in [5.41, 5.74) is 6.16. The second-order valence-electron chi connectivity index (χ2n) is 5.49. The summed E-state index contributed by atoms with van der Waals surface area (Å²) in [6, 6.07) is 1.71. The van der Waals surface area contributed by atoms with Crippen molar-refractivity contribution in [1.29, 1.82) is 0 Å². The van der Waals surface area contributed by atoms with Gasteiger partial charge in [-0.3, -0.25) is 9.80 Å². The normalized spacial score (nSPS) is 32.1. The predicted octanol–water partition coefficient (Wildman–Crippen LogP) is 1.28. The number of nitrogens with zero attached hydrogens (tertiary/aromatic N) is 2. The molecule has 94 valence electrons. The van der Waals surface area contributed by atoms with Gasteiger partial charge in [0.1, 0.15) is 0 Å². The summed E-state index contributed by atoms with van der Waals surface area (Å²) < 4.78 is 0. The summed E-state index contributed by atoms with van der Waals surface area (Å²) >= 11 is 0. The highest BCUT2D eigenvalue weighted by molar-refractivity contribution is 4.89. The van der Waals surface area contributed by atoms with E-state index in [1.54, 1.807) is 0 Å². The molecule has 2 rings (SSSR count). The molecule has 3 atom stereocenters. The zero-order valence-electron chi connectivity index (χ0n) is 10.9. The highest BCUT2D eigenvalue weighted by atomic mass is 15.3. The fourth-order valence-corrected chi connectivity index (χ4v) is 3.16. The molecule has 3 nitrogen and oxygen atoms in total. The molecule has 3 heteroatoms. The minimum Gasteiger partial charge on any atom is -0.326 e. The van der Waals surface area contributed by atoms with Crippen molar-refractivity contribution in [3.8, 4) is 0 Å². The Morgan fingerprint density at radius 1 is 1.25 bits per heavy atom. The zero-order chi connectivity index (χ0) is 11.5. The highest BCUT2D eigenvalue weighted by Crippen LogP contribution is 2.22. The number of piperidine rings is 1. The summed E-state index contributed by atoms with van der Waals surface area (Å²) in [6.45, 7) is 9.53. The Balaban J connectivity index is 1.89. The maximum atomic E-state index is 6.16. The van der Waals surface area contributed by atoms with Gasteiger partial charge >= 0.3 is 0 Å². The second kappa shape index (κ2) is 5.48. The summed E-state index contributed by atoms with van der Waals surface area (Å²) in [7, 11) is 0. The lowest BCUT2D eigenvalue weighted by molar-refractivity contribution is 0.0253. The number of piperazine rings is 1. The third-order valence-corrected chi connectivity index (χ3v) is 4.54. The molecule has 0 aromatic rings. The molecule has 2 aliphatic heterocycles. The molecule has 2 heterocycles. The number of rotatable bonds is 3. The minimum absolute atomic E-state index is 0.343. The van der Waals surface area contributed by atoms with Crippen molar-refractivity contribution >= 4 is 0 Å². The molecule has 0 aromatic carbocycles. The fraction of sp³-hybridized carbons (Fsp3) is 1.00. The molecule has 0 spiro atoms. The van der Waals surface area contributed by atoms with Gasteiger partial charge in [0.15, 0.2) is 0 Å². The lowest BCUT2D eigenvalue weighted by atomic mass is 9.97. The van der Waals surface area contributed by atoms with Crippen LogP contribution in [0.25, 0.3) is 0 Å². The van der Waals surface area contributed by atoms with Crippen LogP contribution < -0.4 is 5.73 Å². The van der Waals surface area contributed by atoms with E-state index in [0.717, 1.165) is 12.5 Å². The molecule has 2 fully saturated rings. The third kappa shape index (κ3) is 2.58. The Hall–Kier alpha value is -0.120. The van der Waals surface area contributed by atoms with E-state index in [1.807, 2.05) is 0 Å². The third-order valence-electron chi connectivity index (χ3n) is 4.54. The van der Waals surface area contributed by atoms with E-state index < -0.39 is 0 Å². The first-order valence-corrected chi connectivity index (χ1v) is 6.96. The van der Waals surface area contributed by atoms with Crippen LogP contribution in [0.3, 0.4) is 0 Å². The molecule has 2 aliphatic rings.